The molecule has 0 aliphatic heterocycles. The Kier molecular flexibility index (Phi) is 4.28. The minimum absolute atomic E-state index is 0.164. The largest absolute Gasteiger partial charge is 0.396 e. The fourth-order valence-electron chi connectivity index (χ4n) is 1.64. The van der Waals surface area contributed by atoms with E-state index in [4.69, 9.17) is 5.11 Å². The van der Waals surface area contributed by atoms with Crippen LogP contribution in [0.3, 0.4) is 0 Å². The topological polar surface area (TPSA) is 41.3 Å². The van der Waals surface area contributed by atoms with E-state index >= 15 is 0 Å². The lowest BCUT2D eigenvalue weighted by Crippen LogP contribution is -2.08. The van der Waals surface area contributed by atoms with Crippen molar-refractivity contribution in [3.8, 4) is 5.69 Å². The molecule has 96 valence electrons. The highest BCUT2D eigenvalue weighted by molar-refractivity contribution is 7.99. The first-order valence-corrected chi connectivity index (χ1v) is 6.75. The summed E-state index contributed by atoms with van der Waals surface area (Å²) < 4.78 is 2.03. The van der Waals surface area contributed by atoms with Crippen LogP contribution in [0, 0.1) is 0 Å². The molecule has 1 N–H and O–H groups in total. The first-order valence-electron chi connectivity index (χ1n) is 5.77. The van der Waals surface area contributed by atoms with Crippen molar-refractivity contribution in [3.05, 3.63) is 36.7 Å². The van der Waals surface area contributed by atoms with E-state index in [1.807, 2.05) is 24.9 Å². The van der Waals surface area contributed by atoms with Gasteiger partial charge >= 0.3 is 0 Å². The van der Waals surface area contributed by atoms with Crippen LogP contribution in [-0.4, -0.2) is 41.1 Å². The molecule has 18 heavy (non-hydrogen) atoms. The maximum atomic E-state index is 8.86. The van der Waals surface area contributed by atoms with E-state index in [1.54, 1.807) is 18.0 Å². The number of hydrogen-bond donors (Lipinski definition) is 1. The minimum atomic E-state index is 0.164. The monoisotopic (exact) mass is 263 g/mol. The zero-order valence-corrected chi connectivity index (χ0v) is 11.4. The lowest BCUT2D eigenvalue weighted by molar-refractivity contribution is 0.322. The Hall–Kier alpha value is -1.46. The number of aliphatic hydroxyl groups excluding tert-OH is 1. The molecule has 0 spiro atoms. The molecule has 1 aromatic heterocycles. The van der Waals surface area contributed by atoms with Gasteiger partial charge in [0.05, 0.1) is 6.61 Å². The van der Waals surface area contributed by atoms with Gasteiger partial charge in [0.1, 0.15) is 0 Å². The summed E-state index contributed by atoms with van der Waals surface area (Å²) in [4.78, 5) is 6.36. The Morgan fingerprint density at radius 3 is 2.61 bits per heavy atom. The molecule has 0 bridgehead atoms. The van der Waals surface area contributed by atoms with E-state index in [9.17, 15) is 0 Å². The quantitative estimate of drug-likeness (QED) is 0.838. The molecule has 5 heteroatoms. The molecule has 2 rings (SSSR count). The molecular weight excluding hydrogens is 246 g/mol. The summed E-state index contributed by atoms with van der Waals surface area (Å²) in [5, 5.41) is 9.76. The molecule has 4 nitrogen and oxygen atoms in total. The Labute approximate surface area is 111 Å². The summed E-state index contributed by atoms with van der Waals surface area (Å²) in [5.74, 6) is 0.660. The van der Waals surface area contributed by atoms with Crippen molar-refractivity contribution in [2.45, 2.75) is 5.16 Å². The summed E-state index contributed by atoms with van der Waals surface area (Å²) in [6.07, 6.45) is 3.71. The van der Waals surface area contributed by atoms with Gasteiger partial charge in [-0.25, -0.2) is 4.98 Å². The number of hydrogen-bond acceptors (Lipinski definition) is 4. The van der Waals surface area contributed by atoms with E-state index < -0.39 is 0 Å². The van der Waals surface area contributed by atoms with Gasteiger partial charge in [-0.3, -0.25) is 4.57 Å². The molecule has 0 atom stereocenters. The van der Waals surface area contributed by atoms with Gasteiger partial charge in [-0.1, -0.05) is 11.8 Å². The number of rotatable bonds is 5. The van der Waals surface area contributed by atoms with Gasteiger partial charge in [-0.15, -0.1) is 0 Å². The molecule has 0 amide bonds. The number of aliphatic hydroxyl groups is 1. The molecule has 0 radical (unpaired) electrons. The molecule has 0 aliphatic carbocycles. The van der Waals surface area contributed by atoms with Gasteiger partial charge in [0.15, 0.2) is 5.16 Å². The van der Waals surface area contributed by atoms with Crippen LogP contribution in [0.15, 0.2) is 41.8 Å². The number of thioether (sulfide) groups is 1. The van der Waals surface area contributed by atoms with Gasteiger partial charge in [0, 0.05) is 43.6 Å². The molecule has 0 fully saturated rings. The first-order chi connectivity index (χ1) is 8.72. The second kappa shape index (κ2) is 5.93. The third-order valence-corrected chi connectivity index (χ3v) is 3.52. The van der Waals surface area contributed by atoms with Crippen LogP contribution in [0.2, 0.25) is 0 Å². The standard InChI is InChI=1S/C13H17N3OS/c1-15(2)11-3-5-12(6-4-11)16-8-7-14-13(16)18-10-9-17/h3-8,17H,9-10H2,1-2H3. The van der Waals surface area contributed by atoms with Crippen LogP contribution in [-0.2, 0) is 0 Å². The number of benzene rings is 1. The molecule has 2 aromatic rings. The summed E-state index contributed by atoms with van der Waals surface area (Å²) in [6, 6.07) is 8.30. The predicted molar refractivity (Wildman–Crippen MR) is 75.7 cm³/mol. The lowest BCUT2D eigenvalue weighted by atomic mass is 10.2. The third-order valence-electron chi connectivity index (χ3n) is 2.57. The maximum absolute atomic E-state index is 8.86. The van der Waals surface area contributed by atoms with Crippen LogP contribution < -0.4 is 4.90 Å². The highest BCUT2D eigenvalue weighted by Crippen LogP contribution is 2.21. The van der Waals surface area contributed by atoms with Crippen molar-refractivity contribution in [2.75, 3.05) is 31.4 Å². The van der Waals surface area contributed by atoms with Crippen molar-refractivity contribution in [1.82, 2.24) is 9.55 Å². The lowest BCUT2D eigenvalue weighted by Gasteiger charge is -2.13. The summed E-state index contributed by atoms with van der Waals surface area (Å²) in [5.41, 5.74) is 2.25. The van der Waals surface area contributed by atoms with Crippen LogP contribution in [0.25, 0.3) is 5.69 Å². The average Bonchev–Trinajstić information content (AvgIpc) is 2.84. The number of aromatic nitrogens is 2. The predicted octanol–water partition coefficient (Wildman–Crippen LogP) is 2.02. The number of nitrogens with zero attached hydrogens (tertiary/aromatic N) is 3. The number of anilines is 1. The van der Waals surface area contributed by atoms with Crippen molar-refractivity contribution >= 4 is 17.4 Å². The van der Waals surface area contributed by atoms with Gasteiger partial charge in [0.2, 0.25) is 0 Å². The Balaban J connectivity index is 2.23. The first kappa shape index (κ1) is 13.0. The van der Waals surface area contributed by atoms with E-state index in [1.165, 1.54) is 5.69 Å². The highest BCUT2D eigenvalue weighted by atomic mass is 32.2. The normalized spacial score (nSPS) is 10.6. The summed E-state index contributed by atoms with van der Waals surface area (Å²) in [6.45, 7) is 0.164. The van der Waals surface area contributed by atoms with Crippen molar-refractivity contribution in [3.63, 3.8) is 0 Å². The molecular formula is C13H17N3OS. The molecule has 0 saturated carbocycles. The maximum Gasteiger partial charge on any atom is 0.172 e. The SMILES string of the molecule is CN(C)c1ccc(-n2ccnc2SCCO)cc1. The fourth-order valence-corrected chi connectivity index (χ4v) is 2.36. The molecule has 0 unspecified atom stereocenters. The Morgan fingerprint density at radius 1 is 1.28 bits per heavy atom. The fraction of sp³-hybridized carbons (Fsp3) is 0.308. The van der Waals surface area contributed by atoms with Crippen LogP contribution in [0.5, 0.6) is 0 Å². The smallest absolute Gasteiger partial charge is 0.172 e. The third kappa shape index (κ3) is 2.86. The number of imidazole rings is 1. The molecule has 0 saturated heterocycles. The van der Waals surface area contributed by atoms with Crippen molar-refractivity contribution < 1.29 is 5.11 Å². The van der Waals surface area contributed by atoms with Gasteiger partial charge < -0.3 is 10.0 Å². The average molecular weight is 263 g/mol. The van der Waals surface area contributed by atoms with Crippen LogP contribution >= 0.6 is 11.8 Å². The second-order valence-electron chi connectivity index (χ2n) is 4.06. The van der Waals surface area contributed by atoms with E-state index in [-0.39, 0.29) is 6.61 Å². The van der Waals surface area contributed by atoms with E-state index in [0.29, 0.717) is 5.75 Å². The minimum Gasteiger partial charge on any atom is -0.396 e. The van der Waals surface area contributed by atoms with Crippen molar-refractivity contribution in [2.24, 2.45) is 0 Å². The van der Waals surface area contributed by atoms with Crippen molar-refractivity contribution in [1.29, 1.82) is 0 Å². The van der Waals surface area contributed by atoms with E-state index in [2.05, 4.69) is 34.1 Å². The van der Waals surface area contributed by atoms with Gasteiger partial charge in [0.25, 0.3) is 0 Å². The zero-order chi connectivity index (χ0) is 13.0. The summed E-state index contributed by atoms with van der Waals surface area (Å²) in [7, 11) is 4.05. The van der Waals surface area contributed by atoms with Crippen LogP contribution in [0.1, 0.15) is 0 Å². The Morgan fingerprint density at radius 2 is 2.00 bits per heavy atom. The van der Waals surface area contributed by atoms with Gasteiger partial charge in [-0.2, -0.15) is 0 Å². The van der Waals surface area contributed by atoms with Crippen LogP contribution in [0.4, 0.5) is 5.69 Å². The van der Waals surface area contributed by atoms with Gasteiger partial charge in [-0.05, 0) is 24.3 Å². The zero-order valence-electron chi connectivity index (χ0n) is 10.6. The molecule has 0 aliphatic rings. The summed E-state index contributed by atoms with van der Waals surface area (Å²) >= 11 is 1.55. The molecule has 1 aromatic carbocycles. The van der Waals surface area contributed by atoms with E-state index in [0.717, 1.165) is 10.8 Å². The molecule has 1 heterocycles. The highest BCUT2D eigenvalue weighted by Gasteiger charge is 2.05. The second-order valence-corrected chi connectivity index (χ2v) is 5.12. The Bertz CT molecular complexity index is 493.